The van der Waals surface area contributed by atoms with Gasteiger partial charge in [-0.1, -0.05) is 0 Å². The van der Waals surface area contributed by atoms with Crippen LogP contribution in [0.25, 0.3) is 0 Å². The Morgan fingerprint density at radius 1 is 0.381 bits per heavy atom. The monoisotopic (exact) mass is 822 g/mol. The summed E-state index contributed by atoms with van der Waals surface area (Å²) < 4.78 is 4.94. The summed E-state index contributed by atoms with van der Waals surface area (Å²) in [7, 11) is 1.71. The molecule has 0 unspecified atom stereocenters. The molecule has 0 rings (SSSR count). The predicted molar refractivity (Wildman–Crippen MR) is 118 cm³/mol. The topological polar surface area (TPSA) is 381 Å². The second-order valence-corrected chi connectivity index (χ2v) is 4.49. The van der Waals surface area contributed by atoms with Gasteiger partial charge in [-0.3, -0.25) is 0 Å². The van der Waals surface area contributed by atoms with Gasteiger partial charge in [0.2, 0.25) is 0 Å². The first-order chi connectivity index (χ1) is 16.6. The molecule has 2 radical (unpaired) electrons. The second kappa shape index (κ2) is 546. The molecule has 0 heterocycles. The van der Waals surface area contributed by atoms with Crippen LogP contribution < -0.4 is 0 Å². The molecule has 0 aliphatic rings. The fourth-order valence-corrected chi connectivity index (χ4v) is 0. The minimum absolute atomic E-state index is 0. The van der Waals surface area contributed by atoms with Crippen molar-refractivity contribution in [2.24, 2.45) is 0 Å². The Kier molecular flexibility index (Phi) is 2290. The van der Waals surface area contributed by atoms with Gasteiger partial charge in [-0.05, 0) is 41.5 Å². The van der Waals surface area contributed by atoms with E-state index in [1.165, 1.54) is 0 Å². The van der Waals surface area contributed by atoms with E-state index in [-0.39, 0.29) is 109 Å². The average molecular weight is 827 g/mol. The molecule has 0 spiro atoms. The number of methoxy groups -OCH3 is 1. The van der Waals surface area contributed by atoms with Crippen LogP contribution in [0.3, 0.4) is 0 Å². The fourth-order valence-electron chi connectivity index (χ4n) is 0. The standard InChI is InChI=1S/C5H12O.C4H10O.12CN.2Co.2H2O.3Zn/c1-5(2,3)6-4;1-4(2,3)5;12*1-2;;;;;;;/h1-4H3;5H,1-3H3;;;;;;;;;;;;;;;2*1H2;;;/q;;12*-1;;;;;;;/p+2. The molecule has 21 heteroatoms. The summed E-state index contributed by atoms with van der Waals surface area (Å²) in [5.74, 6) is 0. The van der Waals surface area contributed by atoms with Crippen molar-refractivity contribution in [3.05, 3.63) is 78.9 Å². The summed E-state index contributed by atoms with van der Waals surface area (Å²) in [6, 6.07) is 0. The van der Waals surface area contributed by atoms with Gasteiger partial charge in [0.15, 0.2) is 0 Å². The minimum Gasteiger partial charge on any atom is -0.512 e. The Bertz CT molecular complexity index is 416. The van der Waals surface area contributed by atoms with Gasteiger partial charge >= 0.3 is 0 Å². The average Bonchev–Trinajstić information content (AvgIpc) is 2.96. The number of ether oxygens (including phenoxy) is 1. The van der Waals surface area contributed by atoms with E-state index in [4.69, 9.17) is 152 Å². The van der Waals surface area contributed by atoms with Crippen LogP contribution in [-0.2, 0) is 108 Å². The maximum atomic E-state index is 8.52. The van der Waals surface area contributed by atoms with Gasteiger partial charge in [-0.15, -0.1) is 0 Å². The van der Waals surface area contributed by atoms with E-state index in [0.717, 1.165) is 0 Å². The molecule has 42 heavy (non-hydrogen) atoms. The first kappa shape index (κ1) is 176. The van der Waals surface area contributed by atoms with Crippen molar-refractivity contribution >= 4 is 0 Å². The van der Waals surface area contributed by atoms with Crippen molar-refractivity contribution in [2.45, 2.75) is 52.7 Å². The van der Waals surface area contributed by atoms with Crippen molar-refractivity contribution in [2.75, 3.05) is 7.11 Å². The number of nitrogens with zero attached hydrogens (tertiary/aromatic N) is 12. The van der Waals surface area contributed by atoms with Crippen molar-refractivity contribution in [3.63, 3.8) is 0 Å². The van der Waals surface area contributed by atoms with E-state index in [1.807, 2.05) is 20.8 Å². The van der Waals surface area contributed by atoms with E-state index >= 15 is 0 Å². The van der Waals surface area contributed by atoms with Gasteiger partial charge in [0, 0.05) is 99.1 Å². The van der Waals surface area contributed by atoms with E-state index in [0.29, 0.717) is 0 Å². The zero-order valence-electron chi connectivity index (χ0n) is 24.2. The SMILES string of the molecule is CC(C)(C)O.COC(C)(C)C.[C-]#N.[C-]#N.[C-]#N.[C-]#N.[C-]#N.[C-]#N.[C-]#N.[C-]#N.[C-]#N.[C-]#N.[C-]#N.[C-]#N.[Co].[Co].[OH3+].[OH3+].[Zn].[Zn].[Zn]. The van der Waals surface area contributed by atoms with Gasteiger partial charge in [0.25, 0.3) is 0 Å². The second-order valence-electron chi connectivity index (χ2n) is 4.49. The molecule has 7 N–H and O–H groups in total. The van der Waals surface area contributed by atoms with Crippen LogP contribution in [0.2, 0.25) is 0 Å². The summed E-state index contributed by atoms with van der Waals surface area (Å²) in [4.78, 5) is 0. The zero-order valence-corrected chi connectivity index (χ0v) is 35.1. The molecule has 0 saturated heterocycles. The summed E-state index contributed by atoms with van der Waals surface area (Å²) in [5.41, 5.74) is -0.458. The van der Waals surface area contributed by atoms with Gasteiger partial charge < -0.3 is 163 Å². The Morgan fingerprint density at radius 2 is 0.405 bits per heavy atom. The molecule has 16 nitrogen and oxygen atoms in total. The smallest absolute Gasteiger partial charge is 0.0594 e. The molecule has 0 bridgehead atoms. The van der Waals surface area contributed by atoms with Crippen LogP contribution in [0.1, 0.15) is 41.5 Å². The largest absolute Gasteiger partial charge is 0.512 e. The summed E-state index contributed by atoms with van der Waals surface area (Å²) >= 11 is 0. The number of rotatable bonds is 0. The van der Waals surface area contributed by atoms with Gasteiger partial charge in [0.05, 0.1) is 11.2 Å². The first-order valence-electron chi connectivity index (χ1n) is 6.52. The molecule has 0 fully saturated rings. The molecular formula is C21H28Co2N12O4Zn3-10. The summed E-state index contributed by atoms with van der Waals surface area (Å²) in [6.45, 7) is 68.3. The quantitative estimate of drug-likeness (QED) is 0.206. The molecule has 230 valence electrons. The van der Waals surface area contributed by atoms with Gasteiger partial charge in [0.1, 0.15) is 0 Å². The third-order valence-corrected chi connectivity index (χ3v) is 0.612. The molecular weight excluding hydrogens is 798 g/mol. The molecule has 0 aliphatic heterocycles. The third-order valence-electron chi connectivity index (χ3n) is 0.612. The normalized spacial score (nSPS) is 3.71. The van der Waals surface area contributed by atoms with E-state index in [2.05, 4.69) is 0 Å². The summed E-state index contributed by atoms with van der Waals surface area (Å²) in [5, 5.41) is 83.5. The molecule has 0 saturated carbocycles. The molecule has 0 aliphatic carbocycles. The van der Waals surface area contributed by atoms with Crippen LogP contribution in [0, 0.1) is 142 Å². The first-order valence-corrected chi connectivity index (χ1v) is 6.52. The molecule has 0 amide bonds. The van der Waals surface area contributed by atoms with E-state index < -0.39 is 5.60 Å². The van der Waals surface area contributed by atoms with Crippen molar-refractivity contribution < 1.29 is 113 Å². The Hall–Kier alpha value is -3.40. The van der Waals surface area contributed by atoms with Crippen molar-refractivity contribution in [3.8, 4) is 0 Å². The third kappa shape index (κ3) is 295000. The van der Waals surface area contributed by atoms with Crippen LogP contribution >= 0.6 is 0 Å². The number of hydrogen-bond donors (Lipinski definition) is 1. The Morgan fingerprint density at radius 3 is 0.405 bits per heavy atom. The summed E-state index contributed by atoms with van der Waals surface area (Å²) in [6.07, 6.45) is 0. The zero-order chi connectivity index (χ0) is 33.7. The number of hydrogen-bond acceptors (Lipinski definition) is 14. The number of aliphatic hydroxyl groups is 1. The van der Waals surface area contributed by atoms with Crippen LogP contribution in [0.5, 0.6) is 0 Å². The van der Waals surface area contributed by atoms with E-state index in [1.54, 1.807) is 27.9 Å². The van der Waals surface area contributed by atoms with Gasteiger partial charge in [-0.2, -0.15) is 0 Å². The van der Waals surface area contributed by atoms with Crippen molar-refractivity contribution in [1.29, 1.82) is 63.1 Å². The Labute approximate surface area is 312 Å². The fraction of sp³-hybridized carbons (Fsp3) is 0.429. The van der Waals surface area contributed by atoms with Crippen LogP contribution in [-0.4, -0.2) is 23.4 Å². The minimum atomic E-state index is -0.500. The maximum absolute atomic E-state index is 8.52. The van der Waals surface area contributed by atoms with Crippen LogP contribution in [0.15, 0.2) is 0 Å². The maximum Gasteiger partial charge on any atom is 0.0594 e. The molecule has 0 aromatic carbocycles. The molecule has 0 aromatic rings. The van der Waals surface area contributed by atoms with E-state index in [9.17, 15) is 0 Å². The molecule has 0 aromatic heterocycles. The van der Waals surface area contributed by atoms with Gasteiger partial charge in [-0.25, -0.2) is 0 Å². The predicted octanol–water partition coefficient (Wildman–Crippen LogP) is 1.51. The molecule has 0 atom stereocenters. The van der Waals surface area contributed by atoms with Crippen LogP contribution in [0.4, 0.5) is 0 Å². The Balaban J connectivity index is -0.00000000605. The van der Waals surface area contributed by atoms with Crippen molar-refractivity contribution in [1.82, 2.24) is 0 Å².